The molecule has 210 valence electrons. The molecule has 0 unspecified atom stereocenters. The molecule has 0 aliphatic carbocycles. The summed E-state index contributed by atoms with van der Waals surface area (Å²) in [5, 5.41) is 4.35. The van der Waals surface area contributed by atoms with Gasteiger partial charge in [0.05, 0.1) is 24.9 Å². The molecule has 0 fully saturated rings. The number of hydrogen-bond donors (Lipinski definition) is 1. The topological polar surface area (TPSA) is 35.3 Å². The molecule has 5 rings (SSSR count). The van der Waals surface area contributed by atoms with Gasteiger partial charge in [0, 0.05) is 72.4 Å². The van der Waals surface area contributed by atoms with Crippen molar-refractivity contribution in [1.29, 1.82) is 0 Å². The molecule has 0 saturated carbocycles. The molecule has 0 spiro atoms. The first-order valence-corrected chi connectivity index (χ1v) is 14.6. The van der Waals surface area contributed by atoms with E-state index in [0.29, 0.717) is 0 Å². The van der Waals surface area contributed by atoms with E-state index < -0.39 is 0 Å². The number of rotatable bonds is 6. The highest BCUT2D eigenvalue weighted by Gasteiger charge is 2.36. The van der Waals surface area contributed by atoms with Crippen LogP contribution in [0, 0.1) is 0 Å². The summed E-state index contributed by atoms with van der Waals surface area (Å²) in [5.41, 5.74) is 9.33. The minimum Gasteiger partial charge on any atom is -0.456 e. The Bertz CT molecular complexity index is 1630. The Morgan fingerprint density at radius 2 is 1.70 bits per heavy atom. The van der Waals surface area contributed by atoms with E-state index in [0.717, 1.165) is 46.6 Å². The van der Waals surface area contributed by atoms with Gasteiger partial charge in [0.15, 0.2) is 5.54 Å². The smallest absolute Gasteiger partial charge is 0.211 e. The maximum atomic E-state index is 6.85. The predicted molar refractivity (Wildman–Crippen MR) is 169 cm³/mol. The van der Waals surface area contributed by atoms with Crippen molar-refractivity contribution >= 4 is 22.4 Å². The normalized spacial score (nSPS) is 18.3. The minimum absolute atomic E-state index is 0.0689. The number of benzene rings is 2. The summed E-state index contributed by atoms with van der Waals surface area (Å²) in [5.74, 6) is 1.77. The third kappa shape index (κ3) is 4.32. The number of nitrogens with two attached hydrogens (primary N) is 1. The Morgan fingerprint density at radius 1 is 1.00 bits per heavy atom. The second-order valence-corrected chi connectivity index (χ2v) is 12.4. The Labute approximate surface area is 240 Å². The second kappa shape index (κ2) is 9.81. The van der Waals surface area contributed by atoms with Crippen LogP contribution in [0.4, 0.5) is 5.69 Å². The first kappa shape index (κ1) is 28.0. The van der Waals surface area contributed by atoms with Crippen LogP contribution < -0.4 is 30.1 Å². The fraction of sp³-hybridized carbons (Fsp3) is 0.400. The lowest BCUT2D eigenvalue weighted by atomic mass is 9.85. The summed E-state index contributed by atoms with van der Waals surface area (Å²) in [6.07, 6.45) is 8.89. The van der Waals surface area contributed by atoms with E-state index in [4.69, 9.17) is 4.74 Å². The molecule has 2 aromatic rings. The molecule has 3 aliphatic rings. The van der Waals surface area contributed by atoms with Gasteiger partial charge in [-0.05, 0) is 70.9 Å². The first-order chi connectivity index (χ1) is 18.8. The average Bonchev–Trinajstić information content (AvgIpc) is 2.88. The van der Waals surface area contributed by atoms with Crippen LogP contribution in [0.3, 0.4) is 0 Å². The van der Waals surface area contributed by atoms with Gasteiger partial charge in [0.1, 0.15) is 24.2 Å². The summed E-state index contributed by atoms with van der Waals surface area (Å²) < 4.78 is 9.32. The van der Waals surface area contributed by atoms with Gasteiger partial charge in [-0.15, -0.1) is 0 Å². The van der Waals surface area contributed by atoms with Crippen LogP contribution in [-0.4, -0.2) is 43.2 Å². The van der Waals surface area contributed by atoms with Gasteiger partial charge in [0.2, 0.25) is 5.36 Å². The number of nitrogens with zero attached hydrogens (tertiary/aromatic N) is 3. The van der Waals surface area contributed by atoms with Crippen LogP contribution in [0.25, 0.3) is 16.7 Å². The van der Waals surface area contributed by atoms with E-state index in [1.54, 1.807) is 0 Å². The zero-order valence-electron chi connectivity index (χ0n) is 26.1. The number of likely N-dealkylation sites (N-methyl/N-ethyl adjacent to an activating group) is 3. The van der Waals surface area contributed by atoms with Gasteiger partial charge in [-0.3, -0.25) is 0 Å². The number of hydrogen-bond acceptors (Lipinski definition) is 3. The van der Waals surface area contributed by atoms with Crippen LogP contribution in [0.5, 0.6) is 11.5 Å². The van der Waals surface area contributed by atoms with E-state index in [1.807, 2.05) is 12.4 Å². The molecular formula is C35H46N4O+2. The molecule has 0 aromatic heterocycles. The molecule has 0 bridgehead atoms. The summed E-state index contributed by atoms with van der Waals surface area (Å²) in [6, 6.07) is 9.16. The number of anilines is 1. The summed E-state index contributed by atoms with van der Waals surface area (Å²) in [7, 11) is 4.10. The number of fused-ring (bicyclic) bond motifs is 4. The van der Waals surface area contributed by atoms with Crippen LogP contribution in [0.1, 0.15) is 72.1 Å². The van der Waals surface area contributed by atoms with Crippen molar-refractivity contribution in [2.45, 2.75) is 66.5 Å². The lowest BCUT2D eigenvalue weighted by molar-refractivity contribution is -0.557. The molecule has 3 heterocycles. The summed E-state index contributed by atoms with van der Waals surface area (Å²) >= 11 is 0. The standard InChI is InChI=1S/C35H45N4O/c1-12-38-29-18-31-27(16-25(29)22(3)20-34(38,6)7)33(24(5)37(11)15-14-36-10)28-17-26-23(4)21-35(8,9)39(13-2)30(26)19-32(28)40-31/h14-21,36H,5,12-13H2,1-4,6-11H3/q+1/p+1/b15-14-. The maximum absolute atomic E-state index is 6.85. The predicted octanol–water partition coefficient (Wildman–Crippen LogP) is 4.83. The highest BCUT2D eigenvalue weighted by atomic mass is 16.5. The molecule has 5 heteroatoms. The van der Waals surface area contributed by atoms with Gasteiger partial charge in [-0.2, -0.15) is 0 Å². The van der Waals surface area contributed by atoms with Crippen LogP contribution in [0.2, 0.25) is 0 Å². The second-order valence-electron chi connectivity index (χ2n) is 12.4. The molecule has 3 aliphatic heterocycles. The van der Waals surface area contributed by atoms with E-state index in [2.05, 4.69) is 132 Å². The van der Waals surface area contributed by atoms with Gasteiger partial charge in [0.25, 0.3) is 0 Å². The molecule has 40 heavy (non-hydrogen) atoms. The van der Waals surface area contributed by atoms with E-state index >= 15 is 0 Å². The SMILES string of the molecule is C=C(C1=c2cc3c(cc2Oc2cc4c(cc21)C(C)=CC(C)(C)N4CC)=[N+](CC)C(C)(C)C=C3C)N(C)/C=C\[NH2+]C. The third-order valence-electron chi connectivity index (χ3n) is 8.77. The molecule has 0 saturated heterocycles. The van der Waals surface area contributed by atoms with Crippen molar-refractivity contribution in [3.05, 3.63) is 88.4 Å². The quantitative estimate of drug-likeness (QED) is 0.535. The highest BCUT2D eigenvalue weighted by molar-refractivity contribution is 5.91. The molecule has 2 N–H and O–H groups in total. The maximum Gasteiger partial charge on any atom is 0.211 e. The Balaban J connectivity index is 1.87. The van der Waals surface area contributed by atoms with E-state index in [-0.39, 0.29) is 11.1 Å². The van der Waals surface area contributed by atoms with Gasteiger partial charge >= 0.3 is 0 Å². The molecule has 5 nitrogen and oxygen atoms in total. The van der Waals surface area contributed by atoms with Crippen molar-refractivity contribution in [3.8, 4) is 11.5 Å². The molecular weight excluding hydrogens is 492 g/mol. The van der Waals surface area contributed by atoms with Crippen molar-refractivity contribution < 1.29 is 10.1 Å². The van der Waals surface area contributed by atoms with Crippen molar-refractivity contribution in [1.82, 2.24) is 9.48 Å². The van der Waals surface area contributed by atoms with Crippen molar-refractivity contribution in [2.75, 3.05) is 32.1 Å². The third-order valence-corrected chi connectivity index (χ3v) is 8.77. The largest absolute Gasteiger partial charge is 0.456 e. The molecule has 0 amide bonds. The Kier molecular flexibility index (Phi) is 6.86. The number of ether oxygens (including phenoxy) is 1. The zero-order chi connectivity index (χ0) is 29.1. The minimum atomic E-state index is -0.0689. The average molecular weight is 539 g/mol. The Morgan fingerprint density at radius 3 is 2.35 bits per heavy atom. The van der Waals surface area contributed by atoms with E-state index in [9.17, 15) is 0 Å². The van der Waals surface area contributed by atoms with Crippen LogP contribution in [-0.2, 0) is 0 Å². The van der Waals surface area contributed by atoms with Crippen molar-refractivity contribution in [3.63, 3.8) is 0 Å². The lowest BCUT2D eigenvalue weighted by Crippen LogP contribution is -2.72. The first-order valence-electron chi connectivity index (χ1n) is 14.6. The fourth-order valence-corrected chi connectivity index (χ4v) is 6.98. The highest BCUT2D eigenvalue weighted by Crippen LogP contribution is 2.46. The van der Waals surface area contributed by atoms with Crippen LogP contribution in [0.15, 0.2) is 61.1 Å². The van der Waals surface area contributed by atoms with Crippen LogP contribution >= 0.6 is 0 Å². The Hall–Kier alpha value is -3.57. The van der Waals surface area contributed by atoms with Crippen molar-refractivity contribution in [2.24, 2.45) is 0 Å². The zero-order valence-corrected chi connectivity index (χ0v) is 26.1. The monoisotopic (exact) mass is 538 g/mol. The van der Waals surface area contributed by atoms with Gasteiger partial charge in [-0.1, -0.05) is 12.7 Å². The summed E-state index contributed by atoms with van der Waals surface area (Å²) in [6.45, 7) is 24.5. The van der Waals surface area contributed by atoms with Gasteiger partial charge in [-0.25, -0.2) is 4.58 Å². The molecule has 0 radical (unpaired) electrons. The number of quaternary nitrogens is 1. The molecule has 0 atom stereocenters. The fourth-order valence-electron chi connectivity index (χ4n) is 6.98. The molecule has 2 aromatic carbocycles. The van der Waals surface area contributed by atoms with Gasteiger partial charge < -0.3 is 19.9 Å². The lowest BCUT2D eigenvalue weighted by Gasteiger charge is -2.43. The summed E-state index contributed by atoms with van der Waals surface area (Å²) in [4.78, 5) is 4.58. The number of allylic oxidation sites excluding steroid dienone is 3. The van der Waals surface area contributed by atoms with E-state index in [1.165, 1.54) is 33.3 Å².